The normalized spacial score (nSPS) is 17.1. The van der Waals surface area contributed by atoms with Crippen LogP contribution in [0.1, 0.15) is 17.3 Å². The van der Waals surface area contributed by atoms with E-state index in [1.165, 1.54) is 17.3 Å². The summed E-state index contributed by atoms with van der Waals surface area (Å²) in [5, 5.41) is 0. The summed E-state index contributed by atoms with van der Waals surface area (Å²) in [6.07, 6.45) is 0. The highest BCUT2D eigenvalue weighted by molar-refractivity contribution is 7.89. The summed E-state index contributed by atoms with van der Waals surface area (Å²) in [4.78, 5) is 13.9. The van der Waals surface area contributed by atoms with Crippen LogP contribution in [-0.2, 0) is 10.0 Å². The van der Waals surface area contributed by atoms with E-state index in [1.807, 2.05) is 18.2 Å². The van der Waals surface area contributed by atoms with E-state index < -0.39 is 10.0 Å². The van der Waals surface area contributed by atoms with Crippen molar-refractivity contribution in [2.45, 2.75) is 11.8 Å². The van der Waals surface area contributed by atoms with E-state index in [0.717, 1.165) is 5.69 Å². The van der Waals surface area contributed by atoms with Gasteiger partial charge < -0.3 is 14.4 Å². The summed E-state index contributed by atoms with van der Waals surface area (Å²) in [5.74, 6) is 1.03. The summed E-state index contributed by atoms with van der Waals surface area (Å²) < 4.78 is 37.9. The Morgan fingerprint density at radius 1 is 0.963 bits per heavy atom. The second-order valence-corrected chi connectivity index (χ2v) is 8.45. The number of hydrogen-bond donors (Lipinski definition) is 0. The quantitative estimate of drug-likeness (QED) is 0.747. The maximum Gasteiger partial charge on any atom is 0.243 e. The van der Waals surface area contributed by atoms with Crippen molar-refractivity contribution in [2.75, 3.05) is 37.9 Å². The number of fused-ring (bicyclic) bond motifs is 1. The van der Waals surface area contributed by atoms with E-state index in [2.05, 4.69) is 4.90 Å². The van der Waals surface area contributed by atoms with Gasteiger partial charge in [0, 0.05) is 43.5 Å². The lowest BCUT2D eigenvalue weighted by atomic mass is 10.1. The zero-order chi connectivity index (χ0) is 19.0. The first-order chi connectivity index (χ1) is 12.9. The van der Waals surface area contributed by atoms with Crippen molar-refractivity contribution in [1.29, 1.82) is 0 Å². The molecule has 8 heteroatoms. The van der Waals surface area contributed by atoms with Crippen molar-refractivity contribution in [3.05, 3.63) is 48.0 Å². The number of ether oxygens (including phenoxy) is 2. The molecule has 1 fully saturated rings. The molecule has 0 amide bonds. The molecule has 2 aliphatic rings. The lowest BCUT2D eigenvalue weighted by Gasteiger charge is -2.35. The molecule has 4 rings (SSSR count). The summed E-state index contributed by atoms with van der Waals surface area (Å²) >= 11 is 0. The van der Waals surface area contributed by atoms with E-state index >= 15 is 0 Å². The topological polar surface area (TPSA) is 76.2 Å². The monoisotopic (exact) mass is 388 g/mol. The Balaban J connectivity index is 1.48. The number of rotatable bonds is 4. The predicted molar refractivity (Wildman–Crippen MR) is 100.0 cm³/mol. The van der Waals surface area contributed by atoms with Gasteiger partial charge in [0.15, 0.2) is 17.3 Å². The van der Waals surface area contributed by atoms with Crippen LogP contribution in [0.5, 0.6) is 11.5 Å². The smallest absolute Gasteiger partial charge is 0.243 e. The third-order valence-corrected chi connectivity index (χ3v) is 6.73. The van der Waals surface area contributed by atoms with Crippen LogP contribution < -0.4 is 14.4 Å². The molecule has 0 radical (unpaired) electrons. The van der Waals surface area contributed by atoms with Crippen LogP contribution in [0.15, 0.2) is 47.4 Å². The van der Waals surface area contributed by atoms with Gasteiger partial charge in [-0.15, -0.1) is 0 Å². The first-order valence-corrected chi connectivity index (χ1v) is 10.1. The maximum absolute atomic E-state index is 12.9. The molecule has 7 nitrogen and oxygen atoms in total. The van der Waals surface area contributed by atoms with E-state index in [1.54, 1.807) is 18.2 Å². The largest absolute Gasteiger partial charge is 0.454 e. The minimum Gasteiger partial charge on any atom is -0.454 e. The number of sulfonamides is 1. The molecule has 27 heavy (non-hydrogen) atoms. The molecule has 2 heterocycles. The van der Waals surface area contributed by atoms with Crippen molar-refractivity contribution in [3.8, 4) is 11.5 Å². The standard InChI is InChI=1S/C19H20N2O5S/c1-14(22)15-3-2-4-16(11-15)20-7-9-21(10-8-20)27(23,24)17-5-6-18-19(12-17)26-13-25-18/h2-6,11-12H,7-10,13H2,1H3. The van der Waals surface area contributed by atoms with E-state index in [-0.39, 0.29) is 17.5 Å². The molecule has 0 N–H and O–H groups in total. The Labute approximate surface area is 158 Å². The second kappa shape index (κ2) is 6.86. The first-order valence-electron chi connectivity index (χ1n) is 8.71. The highest BCUT2D eigenvalue weighted by Gasteiger charge is 2.30. The summed E-state index contributed by atoms with van der Waals surface area (Å²) in [5.41, 5.74) is 1.59. The van der Waals surface area contributed by atoms with Gasteiger partial charge in [-0.25, -0.2) is 8.42 Å². The number of anilines is 1. The average Bonchev–Trinajstić information content (AvgIpc) is 3.16. The average molecular weight is 388 g/mol. The summed E-state index contributed by atoms with van der Waals surface area (Å²) in [7, 11) is -3.59. The van der Waals surface area contributed by atoms with Crippen molar-refractivity contribution < 1.29 is 22.7 Å². The van der Waals surface area contributed by atoms with Gasteiger partial charge in [0.25, 0.3) is 0 Å². The third kappa shape index (κ3) is 3.38. The lowest BCUT2D eigenvalue weighted by molar-refractivity contribution is 0.101. The minimum atomic E-state index is -3.59. The molecule has 1 saturated heterocycles. The maximum atomic E-state index is 12.9. The third-order valence-electron chi connectivity index (χ3n) is 4.84. The molecule has 0 aromatic heterocycles. The Kier molecular flexibility index (Phi) is 4.53. The second-order valence-electron chi connectivity index (χ2n) is 6.51. The van der Waals surface area contributed by atoms with Crippen LogP contribution in [-0.4, -0.2) is 51.5 Å². The van der Waals surface area contributed by atoms with Crippen molar-refractivity contribution in [1.82, 2.24) is 4.31 Å². The van der Waals surface area contributed by atoms with Gasteiger partial charge >= 0.3 is 0 Å². The fourth-order valence-corrected chi connectivity index (χ4v) is 4.73. The molecule has 2 aromatic rings. The van der Waals surface area contributed by atoms with Crippen molar-refractivity contribution in [3.63, 3.8) is 0 Å². The minimum absolute atomic E-state index is 0.0147. The molecule has 0 unspecified atom stereocenters. The summed E-state index contributed by atoms with van der Waals surface area (Å²) in [6, 6.07) is 12.1. The molecule has 0 saturated carbocycles. The molecule has 0 bridgehead atoms. The predicted octanol–water partition coefficient (Wildman–Crippen LogP) is 2.13. The Bertz CT molecular complexity index is 981. The zero-order valence-corrected chi connectivity index (χ0v) is 15.7. The summed E-state index contributed by atoms with van der Waals surface area (Å²) in [6.45, 7) is 3.52. The Hall–Kier alpha value is -2.58. The molecular weight excluding hydrogens is 368 g/mol. The van der Waals surface area contributed by atoms with Gasteiger partial charge in [0.05, 0.1) is 4.90 Å². The highest BCUT2D eigenvalue weighted by Crippen LogP contribution is 2.34. The van der Waals surface area contributed by atoms with Gasteiger partial charge in [0.1, 0.15) is 0 Å². The van der Waals surface area contributed by atoms with E-state index in [4.69, 9.17) is 9.47 Å². The molecule has 142 valence electrons. The SMILES string of the molecule is CC(=O)c1cccc(N2CCN(S(=O)(=O)c3ccc4c(c3)OCO4)CC2)c1. The van der Waals surface area contributed by atoms with Crippen molar-refractivity contribution in [2.24, 2.45) is 0 Å². The number of carbonyl (C=O) groups excluding carboxylic acids is 1. The Morgan fingerprint density at radius 2 is 1.70 bits per heavy atom. The van der Waals surface area contributed by atoms with Crippen LogP contribution in [0.3, 0.4) is 0 Å². The fourth-order valence-electron chi connectivity index (χ4n) is 3.29. The van der Waals surface area contributed by atoms with Crippen LogP contribution in [0.2, 0.25) is 0 Å². The van der Waals surface area contributed by atoms with E-state index in [0.29, 0.717) is 43.2 Å². The molecule has 2 aromatic carbocycles. The lowest BCUT2D eigenvalue weighted by Crippen LogP contribution is -2.48. The van der Waals surface area contributed by atoms with Gasteiger partial charge in [-0.1, -0.05) is 12.1 Å². The number of carbonyl (C=O) groups is 1. The van der Waals surface area contributed by atoms with Crippen LogP contribution in [0.25, 0.3) is 0 Å². The fraction of sp³-hybridized carbons (Fsp3) is 0.316. The number of ketones is 1. The number of hydrogen-bond acceptors (Lipinski definition) is 6. The molecule has 0 aliphatic carbocycles. The van der Waals surface area contributed by atoms with Gasteiger partial charge in [0.2, 0.25) is 16.8 Å². The van der Waals surface area contributed by atoms with Crippen molar-refractivity contribution >= 4 is 21.5 Å². The highest BCUT2D eigenvalue weighted by atomic mass is 32.2. The van der Waals surface area contributed by atoms with Gasteiger partial charge in [-0.3, -0.25) is 4.79 Å². The van der Waals surface area contributed by atoms with E-state index in [9.17, 15) is 13.2 Å². The molecule has 0 spiro atoms. The number of benzene rings is 2. The molecule has 0 atom stereocenters. The van der Waals surface area contributed by atoms with Crippen LogP contribution >= 0.6 is 0 Å². The number of nitrogens with zero attached hydrogens (tertiary/aromatic N) is 2. The Morgan fingerprint density at radius 3 is 2.44 bits per heavy atom. The number of Topliss-reactive ketones (excluding diaryl/α,β-unsaturated/α-hetero) is 1. The van der Waals surface area contributed by atoms with Crippen LogP contribution in [0.4, 0.5) is 5.69 Å². The van der Waals surface area contributed by atoms with Gasteiger partial charge in [-0.05, 0) is 31.2 Å². The van der Waals surface area contributed by atoms with Crippen LogP contribution in [0, 0.1) is 0 Å². The molecular formula is C19H20N2O5S. The van der Waals surface area contributed by atoms with Gasteiger partial charge in [-0.2, -0.15) is 4.31 Å². The first kappa shape index (κ1) is 17.8. The molecule has 2 aliphatic heterocycles. The number of piperazine rings is 1. The zero-order valence-electron chi connectivity index (χ0n) is 14.9.